The maximum absolute atomic E-state index is 5.90. The van der Waals surface area contributed by atoms with Crippen molar-refractivity contribution in [2.24, 2.45) is 5.73 Å². The standard InChI is InChI=1S/C12H13Cl2N/c1-2-3-4-10(15)7-9-5-6-11(13)12(14)8-9/h5-6,8,10H,4,7,15H2,1H3. The topological polar surface area (TPSA) is 26.0 Å². The van der Waals surface area contributed by atoms with Crippen LogP contribution in [0.4, 0.5) is 0 Å². The quantitative estimate of drug-likeness (QED) is 0.809. The van der Waals surface area contributed by atoms with E-state index in [-0.39, 0.29) is 6.04 Å². The molecule has 1 aromatic carbocycles. The largest absolute Gasteiger partial charge is 0.327 e. The van der Waals surface area contributed by atoms with Gasteiger partial charge in [-0.2, -0.15) is 0 Å². The van der Waals surface area contributed by atoms with Crippen LogP contribution in [0.3, 0.4) is 0 Å². The highest BCUT2D eigenvalue weighted by atomic mass is 35.5. The number of halogens is 2. The summed E-state index contributed by atoms with van der Waals surface area (Å²) in [4.78, 5) is 0. The summed E-state index contributed by atoms with van der Waals surface area (Å²) in [6, 6.07) is 5.63. The van der Waals surface area contributed by atoms with Gasteiger partial charge in [0.25, 0.3) is 0 Å². The van der Waals surface area contributed by atoms with E-state index < -0.39 is 0 Å². The van der Waals surface area contributed by atoms with Crippen LogP contribution in [-0.4, -0.2) is 6.04 Å². The fourth-order valence-corrected chi connectivity index (χ4v) is 1.60. The van der Waals surface area contributed by atoms with Crippen LogP contribution in [0.25, 0.3) is 0 Å². The predicted octanol–water partition coefficient (Wildman–Crippen LogP) is 3.28. The van der Waals surface area contributed by atoms with Crippen molar-refractivity contribution in [3.8, 4) is 11.8 Å². The molecule has 0 aliphatic heterocycles. The maximum Gasteiger partial charge on any atom is 0.0595 e. The van der Waals surface area contributed by atoms with E-state index in [9.17, 15) is 0 Å². The summed E-state index contributed by atoms with van der Waals surface area (Å²) in [5.74, 6) is 5.79. The highest BCUT2D eigenvalue weighted by molar-refractivity contribution is 6.42. The average molecular weight is 242 g/mol. The Morgan fingerprint density at radius 1 is 1.33 bits per heavy atom. The van der Waals surface area contributed by atoms with Gasteiger partial charge >= 0.3 is 0 Å². The Labute approximate surface area is 101 Å². The molecule has 0 amide bonds. The number of hydrogen-bond donors (Lipinski definition) is 1. The number of nitrogens with two attached hydrogens (primary N) is 1. The predicted molar refractivity (Wildman–Crippen MR) is 66.2 cm³/mol. The highest BCUT2D eigenvalue weighted by Crippen LogP contribution is 2.23. The Bertz CT molecular complexity index is 390. The van der Waals surface area contributed by atoms with Gasteiger partial charge in [-0.25, -0.2) is 0 Å². The molecular formula is C12H13Cl2N. The van der Waals surface area contributed by atoms with Gasteiger partial charge in [0, 0.05) is 12.5 Å². The van der Waals surface area contributed by atoms with Gasteiger partial charge in [-0.1, -0.05) is 29.3 Å². The molecule has 0 spiro atoms. The van der Waals surface area contributed by atoms with Crippen LogP contribution >= 0.6 is 23.2 Å². The molecule has 3 heteroatoms. The van der Waals surface area contributed by atoms with Gasteiger partial charge in [-0.3, -0.25) is 0 Å². The van der Waals surface area contributed by atoms with Crippen molar-refractivity contribution >= 4 is 23.2 Å². The molecule has 0 radical (unpaired) electrons. The first-order chi connectivity index (χ1) is 7.13. The van der Waals surface area contributed by atoms with Crippen LogP contribution in [0, 0.1) is 11.8 Å². The molecule has 0 bridgehead atoms. The SMILES string of the molecule is CC#CCC(N)Cc1ccc(Cl)c(Cl)c1. The summed E-state index contributed by atoms with van der Waals surface area (Å²) in [5.41, 5.74) is 6.99. The Hall–Kier alpha value is -0.680. The van der Waals surface area contributed by atoms with Crippen LogP contribution in [0.15, 0.2) is 18.2 Å². The minimum Gasteiger partial charge on any atom is -0.327 e. The van der Waals surface area contributed by atoms with E-state index in [1.165, 1.54) is 0 Å². The van der Waals surface area contributed by atoms with E-state index in [0.717, 1.165) is 12.0 Å². The second kappa shape index (κ2) is 6.02. The monoisotopic (exact) mass is 241 g/mol. The molecule has 0 aromatic heterocycles. The fraction of sp³-hybridized carbons (Fsp3) is 0.333. The Kier molecular flexibility index (Phi) is 4.98. The molecule has 1 rings (SSSR count). The van der Waals surface area contributed by atoms with Crippen LogP contribution in [0.1, 0.15) is 18.9 Å². The summed E-state index contributed by atoms with van der Waals surface area (Å²) >= 11 is 11.7. The second-order valence-corrected chi connectivity index (χ2v) is 4.16. The average Bonchev–Trinajstić information content (AvgIpc) is 2.20. The van der Waals surface area contributed by atoms with E-state index >= 15 is 0 Å². The third kappa shape index (κ3) is 4.13. The molecule has 0 fully saturated rings. The van der Waals surface area contributed by atoms with E-state index in [4.69, 9.17) is 28.9 Å². The van der Waals surface area contributed by atoms with E-state index in [1.54, 1.807) is 6.07 Å². The second-order valence-electron chi connectivity index (χ2n) is 3.34. The van der Waals surface area contributed by atoms with Crippen LogP contribution in [0.2, 0.25) is 10.0 Å². The van der Waals surface area contributed by atoms with Gasteiger partial charge < -0.3 is 5.73 Å². The van der Waals surface area contributed by atoms with Crippen LogP contribution in [-0.2, 0) is 6.42 Å². The van der Waals surface area contributed by atoms with Crippen molar-refractivity contribution < 1.29 is 0 Å². The summed E-state index contributed by atoms with van der Waals surface area (Å²) in [7, 11) is 0. The lowest BCUT2D eigenvalue weighted by Crippen LogP contribution is -2.21. The molecule has 2 N–H and O–H groups in total. The van der Waals surface area contributed by atoms with Crippen molar-refractivity contribution in [1.29, 1.82) is 0 Å². The molecule has 1 atom stereocenters. The highest BCUT2D eigenvalue weighted by Gasteiger charge is 2.04. The summed E-state index contributed by atoms with van der Waals surface area (Å²) in [5, 5.41) is 1.14. The molecule has 1 unspecified atom stereocenters. The van der Waals surface area contributed by atoms with Gasteiger partial charge in [-0.05, 0) is 31.0 Å². The van der Waals surface area contributed by atoms with Crippen molar-refractivity contribution in [2.45, 2.75) is 25.8 Å². The van der Waals surface area contributed by atoms with Crippen molar-refractivity contribution in [2.75, 3.05) is 0 Å². The summed E-state index contributed by atoms with van der Waals surface area (Å²) in [6.45, 7) is 1.81. The first-order valence-corrected chi connectivity index (χ1v) is 5.48. The Morgan fingerprint density at radius 2 is 2.07 bits per heavy atom. The maximum atomic E-state index is 5.90. The lowest BCUT2D eigenvalue weighted by Gasteiger charge is -2.08. The molecule has 1 aromatic rings. The first-order valence-electron chi connectivity index (χ1n) is 4.72. The molecule has 0 aliphatic carbocycles. The summed E-state index contributed by atoms with van der Waals surface area (Å²) < 4.78 is 0. The zero-order chi connectivity index (χ0) is 11.3. The first kappa shape index (κ1) is 12.4. The molecule has 80 valence electrons. The van der Waals surface area contributed by atoms with Gasteiger partial charge in [0.05, 0.1) is 10.0 Å². The normalized spacial score (nSPS) is 11.7. The zero-order valence-corrected chi connectivity index (χ0v) is 10.1. The molecular weight excluding hydrogens is 229 g/mol. The van der Waals surface area contributed by atoms with Gasteiger partial charge in [0.1, 0.15) is 0 Å². The van der Waals surface area contributed by atoms with E-state index in [2.05, 4.69) is 11.8 Å². The molecule has 15 heavy (non-hydrogen) atoms. The fourth-order valence-electron chi connectivity index (χ4n) is 1.27. The van der Waals surface area contributed by atoms with Gasteiger partial charge in [0.2, 0.25) is 0 Å². The lowest BCUT2D eigenvalue weighted by molar-refractivity contribution is 0.689. The summed E-state index contributed by atoms with van der Waals surface area (Å²) in [6.07, 6.45) is 1.47. The van der Waals surface area contributed by atoms with Crippen LogP contribution < -0.4 is 5.73 Å². The third-order valence-electron chi connectivity index (χ3n) is 2.02. The van der Waals surface area contributed by atoms with Crippen LogP contribution in [0.5, 0.6) is 0 Å². The van der Waals surface area contributed by atoms with Gasteiger partial charge in [-0.15, -0.1) is 11.8 Å². The minimum absolute atomic E-state index is 0.0506. The number of hydrogen-bond acceptors (Lipinski definition) is 1. The number of rotatable bonds is 3. The molecule has 0 saturated heterocycles. The Balaban J connectivity index is 2.63. The third-order valence-corrected chi connectivity index (χ3v) is 2.76. The molecule has 0 heterocycles. The van der Waals surface area contributed by atoms with Crippen molar-refractivity contribution in [3.63, 3.8) is 0 Å². The van der Waals surface area contributed by atoms with Crippen molar-refractivity contribution in [1.82, 2.24) is 0 Å². The van der Waals surface area contributed by atoms with Crippen molar-refractivity contribution in [3.05, 3.63) is 33.8 Å². The number of benzene rings is 1. The lowest BCUT2D eigenvalue weighted by atomic mass is 10.0. The minimum atomic E-state index is 0.0506. The smallest absolute Gasteiger partial charge is 0.0595 e. The zero-order valence-electron chi connectivity index (χ0n) is 8.56. The molecule has 0 aliphatic rings. The molecule has 1 nitrogen and oxygen atoms in total. The van der Waals surface area contributed by atoms with E-state index in [0.29, 0.717) is 16.5 Å². The molecule has 0 saturated carbocycles. The van der Waals surface area contributed by atoms with Gasteiger partial charge in [0.15, 0.2) is 0 Å². The Morgan fingerprint density at radius 3 is 2.67 bits per heavy atom. The van der Waals surface area contributed by atoms with E-state index in [1.807, 2.05) is 19.1 Å².